The summed E-state index contributed by atoms with van der Waals surface area (Å²) in [5, 5.41) is 2.18. The Hall–Kier alpha value is -1.70. The quantitative estimate of drug-likeness (QED) is 0.666. The van der Waals surface area contributed by atoms with E-state index in [9.17, 15) is 13.2 Å². The number of nitrogens with zero attached hydrogens (tertiary/aromatic N) is 3. The summed E-state index contributed by atoms with van der Waals surface area (Å²) in [4.78, 5) is 18.5. The highest BCUT2D eigenvalue weighted by molar-refractivity contribution is 7.94. The Morgan fingerprint density at radius 3 is 2.50 bits per heavy atom. The van der Waals surface area contributed by atoms with Gasteiger partial charge in [0.2, 0.25) is 5.95 Å². The number of carbonyl (C=O) groups excluding carboxylic acids is 1. The van der Waals surface area contributed by atoms with Crippen LogP contribution in [-0.2, 0) is 10.0 Å². The van der Waals surface area contributed by atoms with Crippen molar-refractivity contribution in [3.63, 3.8) is 0 Å². The first-order valence-corrected chi connectivity index (χ1v) is 5.30. The van der Waals surface area contributed by atoms with E-state index >= 15 is 0 Å². The summed E-state index contributed by atoms with van der Waals surface area (Å²) < 4.78 is 23.2. The molecule has 1 aromatic rings. The standard InChI is InChI=1S/C6H6N4O3S/c11-6-9-4-14(12,13)10(6)5-7-2-1-3-8-5/h1-3H,4H2,(H,9,11). The fourth-order valence-electron chi connectivity index (χ4n) is 1.03. The molecule has 1 aliphatic rings. The summed E-state index contributed by atoms with van der Waals surface area (Å²) in [5.74, 6) is -0.549. The molecule has 2 heterocycles. The zero-order valence-corrected chi connectivity index (χ0v) is 7.73. The molecule has 0 aliphatic carbocycles. The molecule has 0 aromatic carbocycles. The van der Waals surface area contributed by atoms with E-state index in [-0.39, 0.29) is 5.95 Å². The van der Waals surface area contributed by atoms with Gasteiger partial charge >= 0.3 is 6.03 Å². The lowest BCUT2D eigenvalue weighted by Crippen LogP contribution is -2.32. The molecular formula is C6H6N4O3S. The average Bonchev–Trinajstić information content (AvgIpc) is 2.42. The summed E-state index contributed by atoms with van der Waals surface area (Å²) in [7, 11) is -3.64. The molecule has 0 bridgehead atoms. The van der Waals surface area contributed by atoms with Crippen LogP contribution in [-0.4, -0.2) is 30.3 Å². The first-order chi connectivity index (χ1) is 6.61. The SMILES string of the molecule is O=C1NCS(=O)(=O)N1c1ncccn1. The van der Waals surface area contributed by atoms with Gasteiger partial charge in [0.05, 0.1) is 0 Å². The summed E-state index contributed by atoms with van der Waals surface area (Å²) in [6.07, 6.45) is 2.73. The maximum Gasteiger partial charge on any atom is 0.339 e. The number of carbonyl (C=O) groups is 1. The molecule has 1 N–H and O–H groups in total. The molecule has 0 spiro atoms. The molecule has 0 radical (unpaired) electrons. The van der Waals surface area contributed by atoms with Gasteiger partial charge in [-0.25, -0.2) is 23.2 Å². The molecule has 7 nitrogen and oxygen atoms in total. The second-order valence-corrected chi connectivity index (χ2v) is 4.37. The zero-order chi connectivity index (χ0) is 10.2. The van der Waals surface area contributed by atoms with Crippen LogP contribution in [0.25, 0.3) is 0 Å². The van der Waals surface area contributed by atoms with Gasteiger partial charge in [-0.3, -0.25) is 0 Å². The first-order valence-electron chi connectivity index (χ1n) is 3.69. The third-order valence-corrected chi connectivity index (χ3v) is 3.00. The third kappa shape index (κ3) is 1.29. The van der Waals surface area contributed by atoms with Gasteiger partial charge in [-0.05, 0) is 6.07 Å². The van der Waals surface area contributed by atoms with E-state index in [0.717, 1.165) is 0 Å². The minimum atomic E-state index is -3.64. The number of rotatable bonds is 1. The van der Waals surface area contributed by atoms with Crippen molar-refractivity contribution in [2.45, 2.75) is 0 Å². The molecule has 14 heavy (non-hydrogen) atoms. The third-order valence-electron chi connectivity index (χ3n) is 1.60. The van der Waals surface area contributed by atoms with Crippen LogP contribution in [0.3, 0.4) is 0 Å². The average molecular weight is 214 g/mol. The summed E-state index contributed by atoms with van der Waals surface area (Å²) in [5.41, 5.74) is 0. The predicted octanol–water partition coefficient (Wildman–Crippen LogP) is -0.707. The number of nitrogens with one attached hydrogen (secondary N) is 1. The largest absolute Gasteiger partial charge is 0.339 e. The van der Waals surface area contributed by atoms with E-state index in [2.05, 4.69) is 15.3 Å². The van der Waals surface area contributed by atoms with E-state index in [1.54, 1.807) is 0 Å². The number of sulfonamides is 1. The van der Waals surface area contributed by atoms with Crippen molar-refractivity contribution in [2.75, 3.05) is 10.2 Å². The lowest BCUT2D eigenvalue weighted by atomic mass is 10.7. The van der Waals surface area contributed by atoms with Crippen molar-refractivity contribution in [1.82, 2.24) is 15.3 Å². The monoisotopic (exact) mass is 214 g/mol. The second-order valence-electron chi connectivity index (χ2n) is 2.55. The smallest absolute Gasteiger partial charge is 0.321 e. The Labute approximate surface area is 79.8 Å². The van der Waals surface area contributed by atoms with Crippen LogP contribution in [0, 0.1) is 0 Å². The van der Waals surface area contributed by atoms with Crippen molar-refractivity contribution in [1.29, 1.82) is 0 Å². The van der Waals surface area contributed by atoms with Crippen LogP contribution in [0.4, 0.5) is 10.7 Å². The summed E-state index contributed by atoms with van der Waals surface area (Å²) >= 11 is 0. The van der Waals surface area contributed by atoms with E-state index in [0.29, 0.717) is 4.31 Å². The van der Waals surface area contributed by atoms with Gasteiger partial charge in [-0.2, -0.15) is 4.31 Å². The molecule has 0 unspecified atom stereocenters. The number of amides is 2. The fraction of sp³-hybridized carbons (Fsp3) is 0.167. The lowest BCUT2D eigenvalue weighted by Gasteiger charge is -2.09. The van der Waals surface area contributed by atoms with E-state index in [1.165, 1.54) is 18.5 Å². The van der Waals surface area contributed by atoms with Crippen LogP contribution >= 0.6 is 0 Å². The van der Waals surface area contributed by atoms with Gasteiger partial charge in [-0.1, -0.05) is 0 Å². The maximum absolute atomic E-state index is 11.3. The van der Waals surface area contributed by atoms with Crippen molar-refractivity contribution >= 4 is 22.0 Å². The molecule has 2 amide bonds. The van der Waals surface area contributed by atoms with E-state index in [4.69, 9.17) is 0 Å². The highest BCUT2D eigenvalue weighted by atomic mass is 32.2. The number of hydrogen-bond donors (Lipinski definition) is 1. The van der Waals surface area contributed by atoms with Gasteiger partial charge in [0.25, 0.3) is 10.0 Å². The molecule has 1 fully saturated rings. The summed E-state index contributed by atoms with van der Waals surface area (Å²) in [6, 6.07) is 0.806. The van der Waals surface area contributed by atoms with Crippen LogP contribution in [0.15, 0.2) is 18.5 Å². The normalized spacial score (nSPS) is 19.4. The Morgan fingerprint density at radius 2 is 2.00 bits per heavy atom. The molecule has 8 heteroatoms. The van der Waals surface area contributed by atoms with Gasteiger partial charge in [0.1, 0.15) is 5.88 Å². The van der Waals surface area contributed by atoms with Crippen molar-refractivity contribution in [2.24, 2.45) is 0 Å². The molecule has 1 saturated heterocycles. The van der Waals surface area contributed by atoms with Crippen molar-refractivity contribution in [3.05, 3.63) is 18.5 Å². The van der Waals surface area contributed by atoms with E-state index < -0.39 is 21.9 Å². The topological polar surface area (TPSA) is 92.3 Å². The lowest BCUT2D eigenvalue weighted by molar-refractivity contribution is 0.252. The summed E-state index contributed by atoms with van der Waals surface area (Å²) in [6.45, 7) is 0. The van der Waals surface area contributed by atoms with Crippen LogP contribution < -0.4 is 9.62 Å². The molecule has 0 atom stereocenters. The van der Waals surface area contributed by atoms with Crippen molar-refractivity contribution < 1.29 is 13.2 Å². The maximum atomic E-state index is 11.3. The van der Waals surface area contributed by atoms with Gasteiger partial charge < -0.3 is 5.32 Å². The van der Waals surface area contributed by atoms with Gasteiger partial charge in [-0.15, -0.1) is 0 Å². The number of hydrogen-bond acceptors (Lipinski definition) is 5. The van der Waals surface area contributed by atoms with Gasteiger partial charge in [0.15, 0.2) is 0 Å². The van der Waals surface area contributed by atoms with Crippen molar-refractivity contribution in [3.8, 4) is 0 Å². The Morgan fingerprint density at radius 1 is 1.36 bits per heavy atom. The highest BCUT2D eigenvalue weighted by Crippen LogP contribution is 2.15. The van der Waals surface area contributed by atoms with Crippen LogP contribution in [0.2, 0.25) is 0 Å². The number of aromatic nitrogens is 2. The number of urea groups is 1. The molecule has 1 aromatic heterocycles. The Balaban J connectivity index is 2.49. The molecule has 2 rings (SSSR count). The fourth-order valence-corrected chi connectivity index (χ4v) is 2.12. The molecule has 74 valence electrons. The predicted molar refractivity (Wildman–Crippen MR) is 46.8 cm³/mol. The minimum Gasteiger partial charge on any atom is -0.321 e. The Bertz CT molecular complexity index is 457. The second kappa shape index (κ2) is 2.91. The Kier molecular flexibility index (Phi) is 1.84. The molecule has 1 aliphatic heterocycles. The number of anilines is 1. The highest BCUT2D eigenvalue weighted by Gasteiger charge is 2.37. The van der Waals surface area contributed by atoms with Gasteiger partial charge in [0, 0.05) is 12.4 Å². The first kappa shape index (κ1) is 8.88. The molecule has 0 saturated carbocycles. The molecular weight excluding hydrogens is 208 g/mol. The van der Waals surface area contributed by atoms with Crippen LogP contribution in [0.5, 0.6) is 0 Å². The van der Waals surface area contributed by atoms with Crippen LogP contribution in [0.1, 0.15) is 0 Å². The van der Waals surface area contributed by atoms with E-state index in [1.807, 2.05) is 0 Å². The zero-order valence-electron chi connectivity index (χ0n) is 6.91. The minimum absolute atomic E-state index is 0.137.